The fraction of sp³-hybridized carbons (Fsp3) is 0.500. The van der Waals surface area contributed by atoms with Crippen molar-refractivity contribution in [1.29, 1.82) is 0 Å². The van der Waals surface area contributed by atoms with Gasteiger partial charge in [0.25, 0.3) is 5.91 Å². The number of amides is 1. The second-order valence-corrected chi connectivity index (χ2v) is 4.40. The largest absolute Gasteiger partial charge is 0.376 e. The number of nitrogens with one attached hydrogen (secondary N) is 1. The van der Waals surface area contributed by atoms with Crippen molar-refractivity contribution in [3.63, 3.8) is 0 Å². The highest BCUT2D eigenvalue weighted by atomic mass is 16.5. The molecule has 0 saturated heterocycles. The van der Waals surface area contributed by atoms with Gasteiger partial charge >= 0.3 is 0 Å². The summed E-state index contributed by atoms with van der Waals surface area (Å²) in [7, 11) is 0. The molecule has 1 amide bonds. The Morgan fingerprint density at radius 1 is 1.24 bits per heavy atom. The second-order valence-electron chi connectivity index (χ2n) is 4.40. The third-order valence-electron chi connectivity index (χ3n) is 3.08. The standard InChI is InChI=1S/C14H19NO2/c16-14(12-6-2-1-3-7-12)15-10-11-17-13-8-4-5-9-13/h1-3,6-7,13H,4-5,8-11H2,(H,15,16). The third-order valence-corrected chi connectivity index (χ3v) is 3.08. The number of carbonyl (C=O) groups excluding carboxylic acids is 1. The number of rotatable bonds is 5. The monoisotopic (exact) mass is 233 g/mol. The Balaban J connectivity index is 1.63. The van der Waals surface area contributed by atoms with Gasteiger partial charge in [-0.15, -0.1) is 0 Å². The lowest BCUT2D eigenvalue weighted by atomic mass is 10.2. The predicted octanol–water partition coefficient (Wildman–Crippen LogP) is 2.38. The molecule has 17 heavy (non-hydrogen) atoms. The van der Waals surface area contributed by atoms with Crippen molar-refractivity contribution in [2.24, 2.45) is 0 Å². The summed E-state index contributed by atoms with van der Waals surface area (Å²) in [5.74, 6) is -0.0272. The van der Waals surface area contributed by atoms with Gasteiger partial charge in [-0.2, -0.15) is 0 Å². The molecule has 0 bridgehead atoms. The summed E-state index contributed by atoms with van der Waals surface area (Å²) in [4.78, 5) is 11.7. The van der Waals surface area contributed by atoms with E-state index >= 15 is 0 Å². The molecule has 0 aromatic heterocycles. The van der Waals surface area contributed by atoms with Crippen LogP contribution in [0.1, 0.15) is 36.0 Å². The zero-order chi connectivity index (χ0) is 11.9. The molecule has 92 valence electrons. The topological polar surface area (TPSA) is 38.3 Å². The lowest BCUT2D eigenvalue weighted by molar-refractivity contribution is 0.0582. The molecule has 0 aliphatic heterocycles. The first kappa shape index (κ1) is 12.1. The molecule has 0 heterocycles. The zero-order valence-electron chi connectivity index (χ0n) is 10.0. The summed E-state index contributed by atoms with van der Waals surface area (Å²) in [6.07, 6.45) is 5.32. The van der Waals surface area contributed by atoms with Crippen molar-refractivity contribution in [2.75, 3.05) is 13.2 Å². The molecular formula is C14H19NO2. The predicted molar refractivity (Wildman–Crippen MR) is 67.0 cm³/mol. The number of carbonyl (C=O) groups is 1. The summed E-state index contributed by atoms with van der Waals surface area (Å²) in [5, 5.41) is 2.86. The van der Waals surface area contributed by atoms with Crippen LogP contribution in [0.15, 0.2) is 30.3 Å². The normalized spacial score (nSPS) is 16.0. The average Bonchev–Trinajstić information content (AvgIpc) is 2.88. The van der Waals surface area contributed by atoms with Gasteiger partial charge in [0.15, 0.2) is 0 Å². The third kappa shape index (κ3) is 3.86. The van der Waals surface area contributed by atoms with Crippen LogP contribution in [-0.2, 0) is 4.74 Å². The van der Waals surface area contributed by atoms with Crippen molar-refractivity contribution in [1.82, 2.24) is 5.32 Å². The molecule has 0 spiro atoms. The Hall–Kier alpha value is -1.35. The van der Waals surface area contributed by atoms with Gasteiger partial charge in [0.1, 0.15) is 0 Å². The van der Waals surface area contributed by atoms with E-state index in [0.29, 0.717) is 24.8 Å². The van der Waals surface area contributed by atoms with E-state index < -0.39 is 0 Å². The summed E-state index contributed by atoms with van der Waals surface area (Å²) in [6.45, 7) is 1.20. The van der Waals surface area contributed by atoms with Crippen LogP contribution in [0.2, 0.25) is 0 Å². The van der Waals surface area contributed by atoms with Gasteiger partial charge in [0.2, 0.25) is 0 Å². The second kappa shape index (κ2) is 6.40. The Kier molecular flexibility index (Phi) is 4.56. The quantitative estimate of drug-likeness (QED) is 0.793. The molecule has 3 nitrogen and oxygen atoms in total. The van der Waals surface area contributed by atoms with E-state index in [1.165, 1.54) is 25.7 Å². The highest BCUT2D eigenvalue weighted by Crippen LogP contribution is 2.20. The maximum atomic E-state index is 11.7. The molecule has 3 heteroatoms. The van der Waals surface area contributed by atoms with Gasteiger partial charge < -0.3 is 10.1 Å². The van der Waals surface area contributed by atoms with Gasteiger partial charge in [0, 0.05) is 12.1 Å². The minimum Gasteiger partial charge on any atom is -0.376 e. The van der Waals surface area contributed by atoms with Crippen LogP contribution >= 0.6 is 0 Å². The van der Waals surface area contributed by atoms with Gasteiger partial charge in [-0.25, -0.2) is 0 Å². The van der Waals surface area contributed by atoms with Gasteiger partial charge in [-0.1, -0.05) is 31.0 Å². The number of hydrogen-bond acceptors (Lipinski definition) is 2. The smallest absolute Gasteiger partial charge is 0.251 e. The van der Waals surface area contributed by atoms with Gasteiger partial charge in [0.05, 0.1) is 12.7 Å². The van der Waals surface area contributed by atoms with E-state index in [4.69, 9.17) is 4.74 Å². The molecule has 2 rings (SSSR count). The first-order valence-electron chi connectivity index (χ1n) is 6.31. The fourth-order valence-electron chi connectivity index (χ4n) is 2.14. The first-order chi connectivity index (χ1) is 8.36. The molecule has 1 N–H and O–H groups in total. The SMILES string of the molecule is O=C(NCCOC1CCCC1)c1ccccc1. The summed E-state index contributed by atoms with van der Waals surface area (Å²) in [5.41, 5.74) is 0.702. The molecule has 1 saturated carbocycles. The van der Waals surface area contributed by atoms with Crippen LogP contribution in [-0.4, -0.2) is 25.2 Å². The Labute approximate surface area is 102 Å². The minimum atomic E-state index is -0.0272. The number of benzene rings is 1. The molecule has 1 aromatic rings. The average molecular weight is 233 g/mol. The van der Waals surface area contributed by atoms with Gasteiger partial charge in [-0.05, 0) is 25.0 Å². The lowest BCUT2D eigenvalue weighted by Gasteiger charge is -2.11. The highest BCUT2D eigenvalue weighted by Gasteiger charge is 2.14. The molecule has 0 radical (unpaired) electrons. The van der Waals surface area contributed by atoms with E-state index in [-0.39, 0.29) is 5.91 Å². The van der Waals surface area contributed by atoms with Crippen molar-refractivity contribution >= 4 is 5.91 Å². The van der Waals surface area contributed by atoms with Crippen molar-refractivity contribution in [3.8, 4) is 0 Å². The summed E-state index contributed by atoms with van der Waals surface area (Å²) in [6, 6.07) is 9.26. The van der Waals surface area contributed by atoms with Crippen molar-refractivity contribution in [2.45, 2.75) is 31.8 Å². The molecule has 1 aliphatic carbocycles. The number of hydrogen-bond donors (Lipinski definition) is 1. The van der Waals surface area contributed by atoms with Crippen LogP contribution in [0, 0.1) is 0 Å². The Morgan fingerprint density at radius 2 is 1.94 bits per heavy atom. The highest BCUT2D eigenvalue weighted by molar-refractivity contribution is 5.94. The summed E-state index contributed by atoms with van der Waals surface area (Å²) >= 11 is 0. The molecule has 1 aromatic carbocycles. The van der Waals surface area contributed by atoms with Crippen LogP contribution in [0.25, 0.3) is 0 Å². The van der Waals surface area contributed by atoms with E-state index in [9.17, 15) is 4.79 Å². The van der Waals surface area contributed by atoms with Crippen molar-refractivity contribution < 1.29 is 9.53 Å². The van der Waals surface area contributed by atoms with Gasteiger partial charge in [-0.3, -0.25) is 4.79 Å². The zero-order valence-corrected chi connectivity index (χ0v) is 10.0. The molecule has 0 unspecified atom stereocenters. The minimum absolute atomic E-state index is 0.0272. The van der Waals surface area contributed by atoms with E-state index in [0.717, 1.165) is 0 Å². The maximum absolute atomic E-state index is 11.7. The summed E-state index contributed by atoms with van der Waals surface area (Å²) < 4.78 is 5.67. The van der Waals surface area contributed by atoms with E-state index in [2.05, 4.69) is 5.32 Å². The fourth-order valence-corrected chi connectivity index (χ4v) is 2.14. The van der Waals surface area contributed by atoms with Crippen molar-refractivity contribution in [3.05, 3.63) is 35.9 Å². The first-order valence-corrected chi connectivity index (χ1v) is 6.31. The number of ether oxygens (including phenoxy) is 1. The van der Waals surface area contributed by atoms with E-state index in [1.54, 1.807) is 0 Å². The van der Waals surface area contributed by atoms with E-state index in [1.807, 2.05) is 30.3 Å². The van der Waals surface area contributed by atoms with Crippen LogP contribution in [0.4, 0.5) is 0 Å². The Morgan fingerprint density at radius 3 is 2.65 bits per heavy atom. The molecule has 1 fully saturated rings. The van der Waals surface area contributed by atoms with Crippen LogP contribution in [0.5, 0.6) is 0 Å². The molecule has 1 aliphatic rings. The molecular weight excluding hydrogens is 214 g/mol. The maximum Gasteiger partial charge on any atom is 0.251 e. The van der Waals surface area contributed by atoms with Crippen LogP contribution < -0.4 is 5.32 Å². The van der Waals surface area contributed by atoms with Crippen LogP contribution in [0.3, 0.4) is 0 Å². The lowest BCUT2D eigenvalue weighted by Crippen LogP contribution is -2.28. The Bertz CT molecular complexity index is 344. The molecule has 0 atom stereocenters.